The van der Waals surface area contributed by atoms with E-state index in [0.29, 0.717) is 22.1 Å². The monoisotopic (exact) mass is 315 g/mol. The van der Waals surface area contributed by atoms with Gasteiger partial charge >= 0.3 is 0 Å². The summed E-state index contributed by atoms with van der Waals surface area (Å²) in [7, 11) is 6.40. The van der Waals surface area contributed by atoms with Gasteiger partial charge in [-0.3, -0.25) is 0 Å². The van der Waals surface area contributed by atoms with Crippen LogP contribution in [0.5, 0.6) is 0 Å². The molecule has 5 heteroatoms. The van der Waals surface area contributed by atoms with E-state index in [-0.39, 0.29) is 0 Å². The van der Waals surface area contributed by atoms with E-state index in [9.17, 15) is 0 Å². The molecule has 112 valence electrons. The van der Waals surface area contributed by atoms with Crippen molar-refractivity contribution < 1.29 is 0 Å². The Hall–Kier alpha value is -0.320. The SMILES string of the molecule is CNC(CC1CN(C)CCN1C)c1ccc(Cl)c(Cl)c1. The van der Waals surface area contributed by atoms with Crippen molar-refractivity contribution in [1.82, 2.24) is 15.1 Å². The van der Waals surface area contributed by atoms with E-state index in [2.05, 4.69) is 35.3 Å². The minimum atomic E-state index is 0.295. The van der Waals surface area contributed by atoms with Crippen molar-refractivity contribution in [3.8, 4) is 0 Å². The zero-order valence-corrected chi connectivity index (χ0v) is 13.9. The third kappa shape index (κ3) is 3.86. The normalized spacial score (nSPS) is 22.9. The van der Waals surface area contributed by atoms with E-state index in [1.54, 1.807) is 0 Å². The molecule has 1 saturated heterocycles. The molecule has 1 aromatic carbocycles. The first-order valence-corrected chi connectivity index (χ1v) is 7.78. The number of halogens is 2. The number of rotatable bonds is 4. The zero-order valence-electron chi connectivity index (χ0n) is 12.4. The molecule has 1 heterocycles. The van der Waals surface area contributed by atoms with Crippen LogP contribution >= 0.6 is 23.2 Å². The van der Waals surface area contributed by atoms with E-state index < -0.39 is 0 Å². The highest BCUT2D eigenvalue weighted by Crippen LogP contribution is 2.28. The van der Waals surface area contributed by atoms with Crippen LogP contribution < -0.4 is 5.32 Å². The van der Waals surface area contributed by atoms with Gasteiger partial charge < -0.3 is 15.1 Å². The second-order valence-electron chi connectivity index (χ2n) is 5.65. The molecule has 1 aliphatic rings. The molecular formula is C15H23Cl2N3. The van der Waals surface area contributed by atoms with Crippen molar-refractivity contribution in [3.63, 3.8) is 0 Å². The molecular weight excluding hydrogens is 293 g/mol. The quantitative estimate of drug-likeness (QED) is 0.921. The number of hydrogen-bond donors (Lipinski definition) is 1. The summed E-state index contributed by atoms with van der Waals surface area (Å²) in [6.07, 6.45) is 1.06. The Morgan fingerprint density at radius 1 is 1.25 bits per heavy atom. The Labute approximate surface area is 131 Å². The number of hydrogen-bond acceptors (Lipinski definition) is 3. The highest BCUT2D eigenvalue weighted by atomic mass is 35.5. The van der Waals surface area contributed by atoms with Crippen LogP contribution in [0.4, 0.5) is 0 Å². The summed E-state index contributed by atoms with van der Waals surface area (Å²) in [4.78, 5) is 4.84. The molecule has 0 aliphatic carbocycles. The topological polar surface area (TPSA) is 18.5 Å². The first-order chi connectivity index (χ1) is 9.51. The van der Waals surface area contributed by atoms with E-state index in [4.69, 9.17) is 23.2 Å². The van der Waals surface area contributed by atoms with Crippen LogP contribution in [0.25, 0.3) is 0 Å². The van der Waals surface area contributed by atoms with Crippen LogP contribution in [0.15, 0.2) is 18.2 Å². The largest absolute Gasteiger partial charge is 0.313 e. The van der Waals surface area contributed by atoms with Crippen molar-refractivity contribution >= 4 is 23.2 Å². The van der Waals surface area contributed by atoms with Crippen LogP contribution in [0.1, 0.15) is 18.0 Å². The molecule has 0 radical (unpaired) electrons. The molecule has 0 saturated carbocycles. The third-order valence-electron chi connectivity index (χ3n) is 4.18. The molecule has 0 spiro atoms. The maximum Gasteiger partial charge on any atom is 0.0595 e. The molecule has 1 aromatic rings. The second-order valence-corrected chi connectivity index (χ2v) is 6.46. The Balaban J connectivity index is 2.09. The molecule has 0 amide bonds. The van der Waals surface area contributed by atoms with Crippen molar-refractivity contribution in [2.75, 3.05) is 40.8 Å². The summed E-state index contributed by atoms with van der Waals surface area (Å²) >= 11 is 12.1. The van der Waals surface area contributed by atoms with Gasteiger partial charge in [0, 0.05) is 31.7 Å². The number of nitrogens with one attached hydrogen (secondary N) is 1. The van der Waals surface area contributed by atoms with E-state index in [1.165, 1.54) is 5.56 Å². The number of benzene rings is 1. The molecule has 0 aromatic heterocycles. The highest BCUT2D eigenvalue weighted by Gasteiger charge is 2.25. The molecule has 2 rings (SSSR count). The van der Waals surface area contributed by atoms with Gasteiger partial charge in [0.05, 0.1) is 10.0 Å². The Bertz CT molecular complexity index is 453. The van der Waals surface area contributed by atoms with Gasteiger partial charge in [0.25, 0.3) is 0 Å². The Kier molecular flexibility index (Phi) is 5.70. The molecule has 0 bridgehead atoms. The van der Waals surface area contributed by atoms with Crippen molar-refractivity contribution in [2.45, 2.75) is 18.5 Å². The molecule has 1 N–H and O–H groups in total. The lowest BCUT2D eigenvalue weighted by molar-refractivity contribution is 0.102. The van der Waals surface area contributed by atoms with Crippen LogP contribution in [0.2, 0.25) is 10.0 Å². The fraction of sp³-hybridized carbons (Fsp3) is 0.600. The minimum absolute atomic E-state index is 0.295. The van der Waals surface area contributed by atoms with Crippen molar-refractivity contribution in [2.24, 2.45) is 0 Å². The van der Waals surface area contributed by atoms with Crippen molar-refractivity contribution in [3.05, 3.63) is 33.8 Å². The first-order valence-electron chi connectivity index (χ1n) is 7.02. The van der Waals surface area contributed by atoms with Gasteiger partial charge in [-0.2, -0.15) is 0 Å². The van der Waals surface area contributed by atoms with Gasteiger partial charge in [-0.05, 0) is 45.3 Å². The van der Waals surface area contributed by atoms with Crippen LogP contribution in [0, 0.1) is 0 Å². The minimum Gasteiger partial charge on any atom is -0.313 e. The summed E-state index contributed by atoms with van der Waals surface area (Å²) in [6, 6.07) is 6.75. The molecule has 20 heavy (non-hydrogen) atoms. The fourth-order valence-corrected chi connectivity index (χ4v) is 3.08. The Morgan fingerprint density at radius 2 is 2.00 bits per heavy atom. The first kappa shape index (κ1) is 16.1. The zero-order chi connectivity index (χ0) is 14.7. The second kappa shape index (κ2) is 7.10. The molecule has 1 fully saturated rings. The Morgan fingerprint density at radius 3 is 2.65 bits per heavy atom. The van der Waals surface area contributed by atoms with Gasteiger partial charge in [-0.1, -0.05) is 29.3 Å². The summed E-state index contributed by atoms with van der Waals surface area (Å²) in [5, 5.41) is 4.64. The van der Waals surface area contributed by atoms with Crippen molar-refractivity contribution in [1.29, 1.82) is 0 Å². The van der Waals surface area contributed by atoms with Gasteiger partial charge in [0.1, 0.15) is 0 Å². The van der Waals surface area contributed by atoms with Gasteiger partial charge in [-0.15, -0.1) is 0 Å². The number of piperazine rings is 1. The smallest absolute Gasteiger partial charge is 0.0595 e. The van der Waals surface area contributed by atoms with Crippen LogP contribution in [-0.2, 0) is 0 Å². The van der Waals surface area contributed by atoms with Gasteiger partial charge in [-0.25, -0.2) is 0 Å². The van der Waals surface area contributed by atoms with Gasteiger partial charge in [0.15, 0.2) is 0 Å². The molecule has 3 nitrogen and oxygen atoms in total. The fourth-order valence-electron chi connectivity index (χ4n) is 2.78. The van der Waals surface area contributed by atoms with E-state index in [0.717, 1.165) is 26.1 Å². The molecule has 2 atom stereocenters. The lowest BCUT2D eigenvalue weighted by Crippen LogP contribution is -2.50. The average Bonchev–Trinajstić information content (AvgIpc) is 2.43. The number of nitrogens with zero attached hydrogens (tertiary/aromatic N) is 2. The summed E-state index contributed by atoms with van der Waals surface area (Å²) in [5.41, 5.74) is 1.20. The maximum atomic E-state index is 6.13. The molecule has 2 unspecified atom stereocenters. The van der Waals surface area contributed by atoms with E-state index in [1.807, 2.05) is 19.2 Å². The van der Waals surface area contributed by atoms with E-state index >= 15 is 0 Å². The summed E-state index contributed by atoms with van der Waals surface area (Å²) < 4.78 is 0. The average molecular weight is 316 g/mol. The third-order valence-corrected chi connectivity index (χ3v) is 4.92. The maximum absolute atomic E-state index is 6.13. The standard InChI is InChI=1S/C15H23Cl2N3/c1-18-15(11-4-5-13(16)14(17)8-11)9-12-10-19(2)6-7-20(12)3/h4-5,8,12,15,18H,6-7,9-10H2,1-3H3. The van der Waals surface area contributed by atoms with Crippen LogP contribution in [0.3, 0.4) is 0 Å². The predicted octanol–water partition coefficient (Wildman–Crippen LogP) is 2.89. The summed E-state index contributed by atoms with van der Waals surface area (Å²) in [6.45, 7) is 3.37. The lowest BCUT2D eigenvalue weighted by atomic mass is 9.97. The summed E-state index contributed by atoms with van der Waals surface area (Å²) in [5.74, 6) is 0. The lowest BCUT2D eigenvalue weighted by Gasteiger charge is -2.39. The van der Waals surface area contributed by atoms with Gasteiger partial charge in [0.2, 0.25) is 0 Å². The number of likely N-dealkylation sites (N-methyl/N-ethyl adjacent to an activating group) is 2. The molecule has 1 aliphatic heterocycles. The highest BCUT2D eigenvalue weighted by molar-refractivity contribution is 6.42. The predicted molar refractivity (Wildman–Crippen MR) is 86.8 cm³/mol. The van der Waals surface area contributed by atoms with Crippen LogP contribution in [-0.4, -0.2) is 56.6 Å².